The van der Waals surface area contributed by atoms with Crippen LogP contribution in [-0.2, 0) is 6.54 Å². The summed E-state index contributed by atoms with van der Waals surface area (Å²) in [6.45, 7) is 6.28. The molecule has 21 heavy (non-hydrogen) atoms. The van der Waals surface area contributed by atoms with Crippen molar-refractivity contribution in [3.8, 4) is 5.75 Å². The van der Waals surface area contributed by atoms with Crippen molar-refractivity contribution in [3.05, 3.63) is 29.8 Å². The number of hydrogen-bond donors (Lipinski definition) is 1. The molecule has 2 nitrogen and oxygen atoms in total. The minimum Gasteiger partial charge on any atom is -0.494 e. The average molecular weight is 287 g/mol. The smallest absolute Gasteiger partial charge is 0.119 e. The summed E-state index contributed by atoms with van der Waals surface area (Å²) in [4.78, 5) is 0. The van der Waals surface area contributed by atoms with Crippen LogP contribution in [0.25, 0.3) is 0 Å². The molecule has 2 bridgehead atoms. The fourth-order valence-electron chi connectivity index (χ4n) is 3.86. The summed E-state index contributed by atoms with van der Waals surface area (Å²) in [6, 6.07) is 9.39. The maximum absolute atomic E-state index is 5.77. The molecule has 0 aliphatic heterocycles. The molecule has 116 valence electrons. The van der Waals surface area contributed by atoms with Gasteiger partial charge in [0.25, 0.3) is 0 Å². The number of nitrogens with one attached hydrogen (secondary N) is 1. The molecule has 3 rings (SSSR count). The summed E-state index contributed by atoms with van der Waals surface area (Å²) in [5.41, 5.74) is 1.37. The third-order valence-corrected chi connectivity index (χ3v) is 5.19. The first-order valence-electron chi connectivity index (χ1n) is 8.66. The van der Waals surface area contributed by atoms with Crippen LogP contribution in [0.15, 0.2) is 24.3 Å². The molecule has 2 heteroatoms. The first kappa shape index (κ1) is 14.9. The van der Waals surface area contributed by atoms with Crippen LogP contribution in [0.1, 0.15) is 51.5 Å². The molecular formula is C19H29NO. The highest BCUT2D eigenvalue weighted by Gasteiger charge is 2.38. The van der Waals surface area contributed by atoms with E-state index in [0.717, 1.165) is 43.2 Å². The van der Waals surface area contributed by atoms with E-state index in [2.05, 4.69) is 43.4 Å². The number of ether oxygens (including phenoxy) is 1. The second kappa shape index (κ2) is 6.83. The molecule has 1 aromatic rings. The van der Waals surface area contributed by atoms with E-state index < -0.39 is 0 Å². The van der Waals surface area contributed by atoms with Gasteiger partial charge in [0.15, 0.2) is 0 Å². The SMILES string of the molecule is CC(C)CCOc1ccc(CNC2CC3CCC2C3)cc1. The first-order chi connectivity index (χ1) is 10.2. The number of benzene rings is 1. The predicted octanol–water partition coefficient (Wildman–Crippen LogP) is 4.39. The lowest BCUT2D eigenvalue weighted by Crippen LogP contribution is -2.33. The highest BCUT2D eigenvalue weighted by atomic mass is 16.5. The van der Waals surface area contributed by atoms with Gasteiger partial charge in [0.05, 0.1) is 6.61 Å². The van der Waals surface area contributed by atoms with Gasteiger partial charge in [-0.15, -0.1) is 0 Å². The summed E-state index contributed by atoms with van der Waals surface area (Å²) in [5, 5.41) is 3.77. The van der Waals surface area contributed by atoms with Gasteiger partial charge < -0.3 is 10.1 Å². The predicted molar refractivity (Wildman–Crippen MR) is 87.5 cm³/mol. The molecule has 2 saturated carbocycles. The molecule has 0 spiro atoms. The number of hydrogen-bond acceptors (Lipinski definition) is 2. The minimum atomic E-state index is 0.704. The van der Waals surface area contributed by atoms with Crippen LogP contribution in [-0.4, -0.2) is 12.6 Å². The van der Waals surface area contributed by atoms with Crippen molar-refractivity contribution < 1.29 is 4.74 Å². The molecule has 2 aliphatic carbocycles. The maximum Gasteiger partial charge on any atom is 0.119 e. The molecule has 0 aromatic heterocycles. The minimum absolute atomic E-state index is 0.704. The Balaban J connectivity index is 1.42. The first-order valence-corrected chi connectivity index (χ1v) is 8.66. The third kappa shape index (κ3) is 4.00. The molecule has 1 aromatic carbocycles. The molecule has 3 atom stereocenters. The largest absolute Gasteiger partial charge is 0.494 e. The lowest BCUT2D eigenvalue weighted by molar-refractivity contribution is 0.289. The van der Waals surface area contributed by atoms with E-state index in [1.165, 1.54) is 31.2 Å². The van der Waals surface area contributed by atoms with Crippen molar-refractivity contribution >= 4 is 0 Å². The van der Waals surface area contributed by atoms with Crippen LogP contribution >= 0.6 is 0 Å². The Morgan fingerprint density at radius 1 is 1.14 bits per heavy atom. The van der Waals surface area contributed by atoms with Gasteiger partial charge in [-0.2, -0.15) is 0 Å². The van der Waals surface area contributed by atoms with Crippen molar-refractivity contribution in [2.75, 3.05) is 6.61 Å². The van der Waals surface area contributed by atoms with Crippen molar-refractivity contribution in [3.63, 3.8) is 0 Å². The lowest BCUT2D eigenvalue weighted by Gasteiger charge is -2.23. The zero-order valence-electron chi connectivity index (χ0n) is 13.5. The molecule has 0 heterocycles. The van der Waals surface area contributed by atoms with Gasteiger partial charge in [0.1, 0.15) is 5.75 Å². The van der Waals surface area contributed by atoms with Crippen LogP contribution in [0.3, 0.4) is 0 Å². The van der Waals surface area contributed by atoms with E-state index in [1.807, 2.05) is 0 Å². The van der Waals surface area contributed by atoms with Crippen LogP contribution in [0.2, 0.25) is 0 Å². The third-order valence-electron chi connectivity index (χ3n) is 5.19. The zero-order valence-corrected chi connectivity index (χ0v) is 13.5. The second-order valence-corrected chi connectivity index (χ2v) is 7.34. The summed E-state index contributed by atoms with van der Waals surface area (Å²) in [6.07, 6.45) is 6.92. The Morgan fingerprint density at radius 3 is 2.57 bits per heavy atom. The summed E-state index contributed by atoms with van der Waals surface area (Å²) >= 11 is 0. The monoisotopic (exact) mass is 287 g/mol. The molecule has 0 saturated heterocycles. The number of rotatable bonds is 7. The van der Waals surface area contributed by atoms with Gasteiger partial charge in [0, 0.05) is 12.6 Å². The van der Waals surface area contributed by atoms with Crippen LogP contribution in [0.4, 0.5) is 0 Å². The Kier molecular flexibility index (Phi) is 4.84. The molecule has 3 unspecified atom stereocenters. The van der Waals surface area contributed by atoms with Gasteiger partial charge in [0.2, 0.25) is 0 Å². The van der Waals surface area contributed by atoms with E-state index in [1.54, 1.807) is 0 Å². The Bertz CT molecular complexity index is 439. The second-order valence-electron chi connectivity index (χ2n) is 7.34. The van der Waals surface area contributed by atoms with Gasteiger partial charge in [-0.05, 0) is 61.1 Å². The molecule has 0 radical (unpaired) electrons. The van der Waals surface area contributed by atoms with Gasteiger partial charge in [-0.1, -0.05) is 32.4 Å². The van der Waals surface area contributed by atoms with E-state index in [-0.39, 0.29) is 0 Å². The average Bonchev–Trinajstić information content (AvgIpc) is 3.08. The summed E-state index contributed by atoms with van der Waals surface area (Å²) < 4.78 is 5.77. The highest BCUT2D eigenvalue weighted by Crippen LogP contribution is 2.44. The molecule has 2 fully saturated rings. The standard InChI is InChI=1S/C19H29NO/c1-14(2)9-10-21-18-7-4-15(5-8-18)13-20-19-12-16-3-6-17(19)11-16/h4-5,7-8,14,16-17,19-20H,3,6,9-13H2,1-2H3. The van der Waals surface area contributed by atoms with E-state index in [9.17, 15) is 0 Å². The maximum atomic E-state index is 5.77. The summed E-state index contributed by atoms with van der Waals surface area (Å²) in [7, 11) is 0. The normalized spacial score (nSPS) is 27.5. The molecular weight excluding hydrogens is 258 g/mol. The topological polar surface area (TPSA) is 21.3 Å². The van der Waals surface area contributed by atoms with Crippen molar-refractivity contribution in [2.45, 2.75) is 58.5 Å². The molecule has 1 N–H and O–H groups in total. The Hall–Kier alpha value is -1.02. The highest BCUT2D eigenvalue weighted by molar-refractivity contribution is 5.27. The van der Waals surface area contributed by atoms with Gasteiger partial charge in [-0.3, -0.25) is 0 Å². The molecule has 0 amide bonds. The zero-order chi connectivity index (χ0) is 14.7. The Labute approximate surface area is 129 Å². The fourth-order valence-corrected chi connectivity index (χ4v) is 3.86. The van der Waals surface area contributed by atoms with Crippen molar-refractivity contribution in [2.24, 2.45) is 17.8 Å². The molecule has 2 aliphatic rings. The van der Waals surface area contributed by atoms with Gasteiger partial charge >= 0.3 is 0 Å². The van der Waals surface area contributed by atoms with Crippen LogP contribution in [0, 0.1) is 17.8 Å². The van der Waals surface area contributed by atoms with E-state index in [4.69, 9.17) is 4.74 Å². The van der Waals surface area contributed by atoms with Crippen LogP contribution in [0.5, 0.6) is 5.75 Å². The van der Waals surface area contributed by atoms with Gasteiger partial charge in [-0.25, -0.2) is 0 Å². The van der Waals surface area contributed by atoms with Crippen molar-refractivity contribution in [1.29, 1.82) is 0 Å². The number of fused-ring (bicyclic) bond motifs is 2. The summed E-state index contributed by atoms with van der Waals surface area (Å²) in [5.74, 6) is 3.67. The van der Waals surface area contributed by atoms with E-state index in [0.29, 0.717) is 5.92 Å². The lowest BCUT2D eigenvalue weighted by atomic mass is 9.95. The fraction of sp³-hybridized carbons (Fsp3) is 0.684. The van der Waals surface area contributed by atoms with Crippen LogP contribution < -0.4 is 10.1 Å². The van der Waals surface area contributed by atoms with E-state index >= 15 is 0 Å². The Morgan fingerprint density at radius 2 is 1.95 bits per heavy atom. The quantitative estimate of drug-likeness (QED) is 0.803. The van der Waals surface area contributed by atoms with Crippen molar-refractivity contribution in [1.82, 2.24) is 5.32 Å².